The van der Waals surface area contributed by atoms with Crippen LogP contribution >= 0.6 is 0 Å². The lowest BCUT2D eigenvalue weighted by molar-refractivity contribution is 0.790. The summed E-state index contributed by atoms with van der Waals surface area (Å²) in [5.74, 6) is 0. The molecule has 2 N–H and O–H groups in total. The van der Waals surface area contributed by atoms with Crippen molar-refractivity contribution in [2.24, 2.45) is 5.73 Å². The molecule has 2 aromatic rings. The third kappa shape index (κ3) is 3.83. The molecule has 2 heteroatoms. The number of rotatable bonds is 6. The quantitative estimate of drug-likeness (QED) is 0.857. The molecule has 0 atom stereocenters. The summed E-state index contributed by atoms with van der Waals surface area (Å²) < 4.78 is 0. The molecule has 0 aliphatic heterocycles. The summed E-state index contributed by atoms with van der Waals surface area (Å²) >= 11 is 0. The molecular formula is C17H22N2. The van der Waals surface area contributed by atoms with Gasteiger partial charge in [-0.1, -0.05) is 49.4 Å². The van der Waals surface area contributed by atoms with Gasteiger partial charge in [0.05, 0.1) is 0 Å². The maximum atomic E-state index is 5.73. The highest BCUT2D eigenvalue weighted by Gasteiger charge is 2.06. The normalized spacial score (nSPS) is 10.4. The van der Waals surface area contributed by atoms with Crippen molar-refractivity contribution in [3.8, 4) is 0 Å². The Morgan fingerprint density at radius 3 is 2.16 bits per heavy atom. The van der Waals surface area contributed by atoms with Crippen LogP contribution in [0.4, 0.5) is 5.69 Å². The third-order valence-electron chi connectivity index (χ3n) is 3.33. The van der Waals surface area contributed by atoms with Crippen molar-refractivity contribution in [3.05, 3.63) is 65.7 Å². The van der Waals surface area contributed by atoms with Gasteiger partial charge in [0.2, 0.25) is 0 Å². The van der Waals surface area contributed by atoms with Crippen LogP contribution in [0.15, 0.2) is 54.6 Å². The first-order chi connectivity index (χ1) is 9.33. The molecule has 0 saturated carbocycles. The molecule has 2 aromatic carbocycles. The predicted octanol–water partition coefficient (Wildman–Crippen LogP) is 3.21. The maximum absolute atomic E-state index is 5.73. The SMILES string of the molecule is CCc1ccc(N(CCN)Cc2ccccc2)cc1. The number of aryl methyl sites for hydroxylation is 1. The van der Waals surface area contributed by atoms with Gasteiger partial charge in [0.25, 0.3) is 0 Å². The van der Waals surface area contributed by atoms with Crippen LogP contribution in [-0.2, 0) is 13.0 Å². The zero-order valence-corrected chi connectivity index (χ0v) is 11.5. The molecule has 0 aliphatic carbocycles. The first-order valence-electron chi connectivity index (χ1n) is 6.91. The highest BCUT2D eigenvalue weighted by molar-refractivity contribution is 5.48. The van der Waals surface area contributed by atoms with Crippen LogP contribution in [0.5, 0.6) is 0 Å². The van der Waals surface area contributed by atoms with Gasteiger partial charge in [0.15, 0.2) is 0 Å². The first kappa shape index (κ1) is 13.6. The van der Waals surface area contributed by atoms with Gasteiger partial charge in [-0.15, -0.1) is 0 Å². The van der Waals surface area contributed by atoms with Crippen LogP contribution in [0.1, 0.15) is 18.1 Å². The van der Waals surface area contributed by atoms with Crippen LogP contribution in [0, 0.1) is 0 Å². The molecule has 2 rings (SSSR count). The summed E-state index contributed by atoms with van der Waals surface area (Å²) in [7, 11) is 0. The Labute approximate surface area is 115 Å². The molecule has 0 fully saturated rings. The second-order valence-corrected chi connectivity index (χ2v) is 4.72. The van der Waals surface area contributed by atoms with Crippen LogP contribution in [-0.4, -0.2) is 13.1 Å². The van der Waals surface area contributed by atoms with Gasteiger partial charge in [-0.2, -0.15) is 0 Å². The van der Waals surface area contributed by atoms with Crippen molar-refractivity contribution in [2.75, 3.05) is 18.0 Å². The topological polar surface area (TPSA) is 29.3 Å². The standard InChI is InChI=1S/C17H22N2/c1-2-15-8-10-17(11-9-15)19(13-12-18)14-16-6-4-3-5-7-16/h3-11H,2,12-14,18H2,1H3. The van der Waals surface area contributed by atoms with Crippen LogP contribution < -0.4 is 10.6 Å². The Balaban J connectivity index is 2.14. The number of anilines is 1. The highest BCUT2D eigenvalue weighted by Crippen LogP contribution is 2.18. The predicted molar refractivity (Wildman–Crippen MR) is 82.4 cm³/mol. The Bertz CT molecular complexity index is 476. The van der Waals surface area contributed by atoms with Gasteiger partial charge in [-0.05, 0) is 29.7 Å². The average Bonchev–Trinajstić information content (AvgIpc) is 2.48. The summed E-state index contributed by atoms with van der Waals surface area (Å²) in [6, 6.07) is 19.3. The second kappa shape index (κ2) is 6.95. The molecule has 2 nitrogen and oxygen atoms in total. The van der Waals surface area contributed by atoms with Gasteiger partial charge in [-0.25, -0.2) is 0 Å². The molecule has 0 bridgehead atoms. The molecule has 0 spiro atoms. The molecule has 0 heterocycles. The van der Waals surface area contributed by atoms with Crippen molar-refractivity contribution in [2.45, 2.75) is 19.9 Å². The van der Waals surface area contributed by atoms with Crippen molar-refractivity contribution in [1.82, 2.24) is 0 Å². The number of benzene rings is 2. The van der Waals surface area contributed by atoms with Gasteiger partial charge in [-0.3, -0.25) is 0 Å². The molecule has 0 aliphatic rings. The number of nitrogens with zero attached hydrogens (tertiary/aromatic N) is 1. The maximum Gasteiger partial charge on any atom is 0.0430 e. The summed E-state index contributed by atoms with van der Waals surface area (Å²) in [5.41, 5.74) is 9.66. The smallest absolute Gasteiger partial charge is 0.0430 e. The molecule has 19 heavy (non-hydrogen) atoms. The number of hydrogen-bond acceptors (Lipinski definition) is 2. The van der Waals surface area contributed by atoms with Gasteiger partial charge >= 0.3 is 0 Å². The minimum atomic E-state index is 0.669. The van der Waals surface area contributed by atoms with E-state index in [1.807, 2.05) is 6.07 Å². The van der Waals surface area contributed by atoms with Crippen molar-refractivity contribution in [3.63, 3.8) is 0 Å². The van der Waals surface area contributed by atoms with Crippen LogP contribution in [0.25, 0.3) is 0 Å². The van der Waals surface area contributed by atoms with Gasteiger partial charge in [0.1, 0.15) is 0 Å². The van der Waals surface area contributed by atoms with E-state index >= 15 is 0 Å². The zero-order valence-electron chi connectivity index (χ0n) is 11.5. The lowest BCUT2D eigenvalue weighted by atomic mass is 10.1. The lowest BCUT2D eigenvalue weighted by Gasteiger charge is -2.24. The first-order valence-corrected chi connectivity index (χ1v) is 6.91. The highest BCUT2D eigenvalue weighted by atomic mass is 15.1. The molecule has 100 valence electrons. The molecular weight excluding hydrogens is 232 g/mol. The Morgan fingerprint density at radius 1 is 0.895 bits per heavy atom. The number of nitrogens with two attached hydrogens (primary N) is 1. The Kier molecular flexibility index (Phi) is 4.99. The number of hydrogen-bond donors (Lipinski definition) is 1. The van der Waals surface area contributed by atoms with E-state index in [1.54, 1.807) is 0 Å². The van der Waals surface area contributed by atoms with Crippen LogP contribution in [0.3, 0.4) is 0 Å². The van der Waals surface area contributed by atoms with Crippen molar-refractivity contribution < 1.29 is 0 Å². The largest absolute Gasteiger partial charge is 0.366 e. The van der Waals surface area contributed by atoms with E-state index in [4.69, 9.17) is 5.73 Å². The van der Waals surface area contributed by atoms with E-state index in [0.29, 0.717) is 6.54 Å². The molecule has 0 aromatic heterocycles. The average molecular weight is 254 g/mol. The van der Waals surface area contributed by atoms with Crippen molar-refractivity contribution in [1.29, 1.82) is 0 Å². The van der Waals surface area contributed by atoms with E-state index in [1.165, 1.54) is 16.8 Å². The van der Waals surface area contributed by atoms with Crippen molar-refractivity contribution >= 4 is 5.69 Å². The van der Waals surface area contributed by atoms with Gasteiger partial charge < -0.3 is 10.6 Å². The van der Waals surface area contributed by atoms with E-state index in [-0.39, 0.29) is 0 Å². The van der Waals surface area contributed by atoms with E-state index in [2.05, 4.69) is 60.4 Å². The lowest BCUT2D eigenvalue weighted by Crippen LogP contribution is -2.28. The van der Waals surface area contributed by atoms with E-state index in [9.17, 15) is 0 Å². The molecule has 0 saturated heterocycles. The fourth-order valence-corrected chi connectivity index (χ4v) is 2.20. The van der Waals surface area contributed by atoms with E-state index < -0.39 is 0 Å². The second-order valence-electron chi connectivity index (χ2n) is 4.72. The fraction of sp³-hybridized carbons (Fsp3) is 0.294. The zero-order chi connectivity index (χ0) is 13.5. The molecule has 0 unspecified atom stereocenters. The van der Waals surface area contributed by atoms with Crippen LogP contribution in [0.2, 0.25) is 0 Å². The molecule has 0 amide bonds. The summed E-state index contributed by atoms with van der Waals surface area (Å²) in [6.07, 6.45) is 1.08. The minimum Gasteiger partial charge on any atom is -0.366 e. The van der Waals surface area contributed by atoms with E-state index in [0.717, 1.165) is 19.5 Å². The summed E-state index contributed by atoms with van der Waals surface area (Å²) in [5, 5.41) is 0. The summed E-state index contributed by atoms with van der Waals surface area (Å²) in [4.78, 5) is 2.33. The third-order valence-corrected chi connectivity index (χ3v) is 3.33. The minimum absolute atomic E-state index is 0.669. The molecule has 0 radical (unpaired) electrons. The Morgan fingerprint density at radius 2 is 1.58 bits per heavy atom. The monoisotopic (exact) mass is 254 g/mol. The fourth-order valence-electron chi connectivity index (χ4n) is 2.20. The summed E-state index contributed by atoms with van der Waals surface area (Å²) in [6.45, 7) is 4.63. The van der Waals surface area contributed by atoms with Gasteiger partial charge in [0, 0.05) is 25.3 Å². The Hall–Kier alpha value is -1.80.